The highest BCUT2D eigenvalue weighted by Gasteiger charge is 2.02. The topological polar surface area (TPSA) is 22.0 Å². The highest BCUT2D eigenvalue weighted by molar-refractivity contribution is 9.10. The summed E-state index contributed by atoms with van der Waals surface area (Å²) in [6, 6.07) is 5.09. The molecule has 0 spiro atoms. The molecule has 0 amide bonds. The number of nitrogens with zero attached hydrogens (tertiary/aromatic N) is 1. The van der Waals surface area contributed by atoms with Gasteiger partial charge in [-0.15, -0.1) is 0 Å². The van der Waals surface area contributed by atoms with E-state index in [-0.39, 0.29) is 0 Å². The molecule has 0 atom stereocenters. The van der Waals surface area contributed by atoms with Gasteiger partial charge in [0.2, 0.25) is 0 Å². The summed E-state index contributed by atoms with van der Waals surface area (Å²) < 4.78 is 24.1. The second-order valence-electron chi connectivity index (χ2n) is 2.32. The normalized spacial score (nSPS) is 15.6. The Morgan fingerprint density at radius 2 is 2.50 bits per heavy atom. The number of halogens is 1. The molecule has 1 aromatic heterocycles. The SMILES string of the molecule is [2H]C([2H])([2H])n1c(=O)sc2cc(Br)ccc21. The molecule has 0 radical (unpaired) electrons. The Hall–Kier alpha value is -0.610. The van der Waals surface area contributed by atoms with E-state index in [1.165, 1.54) is 0 Å². The molecule has 2 aromatic rings. The molecular weight excluding hydrogens is 238 g/mol. The zero-order valence-corrected chi connectivity index (χ0v) is 8.28. The molecule has 0 aliphatic heterocycles. The molecule has 4 heteroatoms. The Balaban J connectivity index is 2.86. The smallest absolute Gasteiger partial charge is 0.302 e. The van der Waals surface area contributed by atoms with Gasteiger partial charge < -0.3 is 4.57 Å². The fourth-order valence-electron chi connectivity index (χ4n) is 0.992. The molecule has 0 saturated heterocycles. The summed E-state index contributed by atoms with van der Waals surface area (Å²) >= 11 is 4.21. The third-order valence-electron chi connectivity index (χ3n) is 1.54. The lowest BCUT2D eigenvalue weighted by Gasteiger charge is -1.92. The standard InChI is InChI=1S/C8H6BrNOS/c1-10-6-3-2-5(9)4-7(6)12-8(10)11/h2-4H,1H3/i1D3. The molecule has 1 heterocycles. The number of benzene rings is 1. The van der Waals surface area contributed by atoms with E-state index in [9.17, 15) is 4.79 Å². The Morgan fingerprint density at radius 3 is 3.25 bits per heavy atom. The maximum atomic E-state index is 11.5. The van der Waals surface area contributed by atoms with Crippen LogP contribution in [0.15, 0.2) is 27.5 Å². The summed E-state index contributed by atoms with van der Waals surface area (Å²) in [4.78, 5) is 11.0. The molecule has 1 aromatic carbocycles. The molecule has 0 fully saturated rings. The fourth-order valence-corrected chi connectivity index (χ4v) is 2.33. The van der Waals surface area contributed by atoms with E-state index < -0.39 is 11.8 Å². The molecule has 0 aliphatic rings. The van der Waals surface area contributed by atoms with Crippen molar-refractivity contribution in [3.63, 3.8) is 0 Å². The van der Waals surface area contributed by atoms with E-state index in [0.717, 1.165) is 20.4 Å². The first kappa shape index (κ1) is 5.19. The molecule has 0 aliphatic carbocycles. The minimum atomic E-state index is -2.41. The Labute approximate surface area is 85.8 Å². The van der Waals surface area contributed by atoms with Crippen molar-refractivity contribution in [1.82, 2.24) is 4.57 Å². The van der Waals surface area contributed by atoms with Gasteiger partial charge in [0, 0.05) is 15.6 Å². The first-order valence-electron chi connectivity index (χ1n) is 4.71. The zero-order chi connectivity index (χ0) is 11.2. The van der Waals surface area contributed by atoms with Crippen LogP contribution in [0.1, 0.15) is 4.11 Å². The molecule has 2 rings (SSSR count). The highest BCUT2D eigenvalue weighted by Crippen LogP contribution is 2.20. The number of aryl methyl sites for hydroxylation is 1. The van der Waals surface area contributed by atoms with Crippen molar-refractivity contribution in [2.24, 2.45) is 6.98 Å². The molecule has 0 N–H and O–H groups in total. The number of fused-ring (bicyclic) bond motifs is 1. The van der Waals surface area contributed by atoms with Crippen LogP contribution in [-0.4, -0.2) is 4.57 Å². The van der Waals surface area contributed by atoms with Gasteiger partial charge in [-0.05, 0) is 18.2 Å². The van der Waals surface area contributed by atoms with Gasteiger partial charge in [-0.1, -0.05) is 27.3 Å². The third kappa shape index (κ3) is 1.11. The van der Waals surface area contributed by atoms with Crippen LogP contribution in [-0.2, 0) is 6.98 Å². The van der Waals surface area contributed by atoms with Crippen molar-refractivity contribution in [3.05, 3.63) is 32.3 Å². The van der Waals surface area contributed by atoms with E-state index in [1.807, 2.05) is 0 Å². The highest BCUT2D eigenvalue weighted by atomic mass is 79.9. The maximum absolute atomic E-state index is 11.5. The van der Waals surface area contributed by atoms with E-state index >= 15 is 0 Å². The first-order valence-corrected chi connectivity index (χ1v) is 4.82. The third-order valence-corrected chi connectivity index (χ3v) is 2.94. The van der Waals surface area contributed by atoms with Gasteiger partial charge in [0.1, 0.15) is 0 Å². The van der Waals surface area contributed by atoms with Gasteiger partial charge in [-0.2, -0.15) is 0 Å². The van der Waals surface area contributed by atoms with Gasteiger partial charge in [0.25, 0.3) is 0 Å². The van der Waals surface area contributed by atoms with Gasteiger partial charge >= 0.3 is 4.87 Å². The monoisotopic (exact) mass is 246 g/mol. The summed E-state index contributed by atoms with van der Waals surface area (Å²) in [5.41, 5.74) is 0.452. The van der Waals surface area contributed by atoms with Crippen molar-refractivity contribution in [2.45, 2.75) is 0 Å². The second-order valence-corrected chi connectivity index (χ2v) is 4.22. The molecule has 0 bridgehead atoms. The quantitative estimate of drug-likeness (QED) is 0.700. The zero-order valence-electron chi connectivity index (χ0n) is 8.87. The van der Waals surface area contributed by atoms with Crippen LogP contribution in [0, 0.1) is 0 Å². The largest absolute Gasteiger partial charge is 0.307 e. The molecule has 0 unspecified atom stereocenters. The van der Waals surface area contributed by atoms with Crippen molar-refractivity contribution in [1.29, 1.82) is 0 Å². The van der Waals surface area contributed by atoms with Crippen molar-refractivity contribution < 1.29 is 4.11 Å². The number of thiazole rings is 1. The Morgan fingerprint density at radius 1 is 1.67 bits per heavy atom. The number of rotatable bonds is 0. The minimum absolute atomic E-state index is 0.452. The Bertz CT molecular complexity index is 571. The van der Waals surface area contributed by atoms with Crippen molar-refractivity contribution in [3.8, 4) is 0 Å². The van der Waals surface area contributed by atoms with Crippen LogP contribution in [0.25, 0.3) is 10.2 Å². The summed E-state index contributed by atoms with van der Waals surface area (Å²) in [7, 11) is 0. The molecule has 0 saturated carbocycles. The lowest BCUT2D eigenvalue weighted by Crippen LogP contribution is -2.06. The van der Waals surface area contributed by atoms with E-state index in [0.29, 0.717) is 10.2 Å². The predicted octanol–water partition coefficient (Wildman–Crippen LogP) is 2.36. The van der Waals surface area contributed by atoms with Gasteiger partial charge in [0.05, 0.1) is 10.2 Å². The Kier molecular flexibility index (Phi) is 1.17. The predicted molar refractivity (Wildman–Crippen MR) is 54.8 cm³/mol. The summed E-state index contributed by atoms with van der Waals surface area (Å²) in [6.45, 7) is -2.41. The van der Waals surface area contributed by atoms with Crippen molar-refractivity contribution in [2.75, 3.05) is 0 Å². The summed E-state index contributed by atoms with van der Waals surface area (Å²) in [6.07, 6.45) is 0. The minimum Gasteiger partial charge on any atom is -0.302 e. The number of aromatic nitrogens is 1. The fraction of sp³-hybridized carbons (Fsp3) is 0.125. The number of hydrogen-bond donors (Lipinski definition) is 0. The van der Waals surface area contributed by atoms with Gasteiger partial charge in [0.15, 0.2) is 0 Å². The van der Waals surface area contributed by atoms with Crippen LogP contribution in [0.2, 0.25) is 0 Å². The van der Waals surface area contributed by atoms with Gasteiger partial charge in [-0.25, -0.2) is 0 Å². The van der Waals surface area contributed by atoms with Crippen molar-refractivity contribution >= 4 is 37.5 Å². The van der Waals surface area contributed by atoms with Crippen LogP contribution in [0.4, 0.5) is 0 Å². The average Bonchev–Trinajstić information content (AvgIpc) is 2.38. The lowest BCUT2D eigenvalue weighted by molar-refractivity contribution is 0.938. The van der Waals surface area contributed by atoms with E-state index in [2.05, 4.69) is 15.9 Å². The molecular formula is C8H6BrNOS. The second kappa shape index (κ2) is 2.71. The number of hydrogen-bond acceptors (Lipinski definition) is 2. The molecule has 62 valence electrons. The first-order chi connectivity index (χ1) is 6.89. The van der Waals surface area contributed by atoms with E-state index in [1.54, 1.807) is 18.2 Å². The van der Waals surface area contributed by atoms with Crippen LogP contribution in [0.5, 0.6) is 0 Å². The summed E-state index contributed by atoms with van der Waals surface area (Å²) in [5, 5.41) is 0. The average molecular weight is 247 g/mol. The van der Waals surface area contributed by atoms with E-state index in [4.69, 9.17) is 4.11 Å². The molecule has 12 heavy (non-hydrogen) atoms. The summed E-state index contributed by atoms with van der Waals surface area (Å²) in [5.74, 6) is 0. The van der Waals surface area contributed by atoms with Crippen LogP contribution >= 0.6 is 27.3 Å². The lowest BCUT2D eigenvalue weighted by atomic mass is 10.3. The molecule has 2 nitrogen and oxygen atoms in total. The van der Waals surface area contributed by atoms with Crippen LogP contribution < -0.4 is 4.87 Å². The van der Waals surface area contributed by atoms with Gasteiger partial charge in [-0.3, -0.25) is 4.79 Å². The van der Waals surface area contributed by atoms with Crippen LogP contribution in [0.3, 0.4) is 0 Å². The maximum Gasteiger partial charge on any atom is 0.307 e.